The van der Waals surface area contributed by atoms with Crippen LogP contribution >= 0.6 is 0 Å². The molecule has 4 rings (SSSR count). The molecule has 2 aromatic carbocycles. The summed E-state index contributed by atoms with van der Waals surface area (Å²) in [6, 6.07) is 11.2. The number of anilines is 2. The second-order valence-electron chi connectivity index (χ2n) is 7.65. The first kappa shape index (κ1) is 23.2. The number of nitrogens with zero attached hydrogens (tertiary/aromatic N) is 4. The van der Waals surface area contributed by atoms with E-state index >= 15 is 0 Å². The third kappa shape index (κ3) is 5.50. The Morgan fingerprint density at radius 2 is 1.73 bits per heavy atom. The first-order chi connectivity index (χ1) is 15.7. The normalized spacial score (nSPS) is 17.5. The zero-order valence-corrected chi connectivity index (χ0v) is 18.3. The Labute approximate surface area is 190 Å². The van der Waals surface area contributed by atoms with Gasteiger partial charge in [-0.3, -0.25) is 4.79 Å². The molecule has 2 aromatic rings. The predicted octanol–water partition coefficient (Wildman–Crippen LogP) is 3.09. The Balaban J connectivity index is 1.37. The number of alkyl halides is 3. The predicted molar refractivity (Wildman–Crippen MR) is 116 cm³/mol. The number of amides is 1. The van der Waals surface area contributed by atoms with Crippen molar-refractivity contribution < 1.29 is 26.9 Å². The number of halogens is 3. The SMILES string of the molecule is O=NC(=O)CN1CCc2ccc(S(=O)N3CCN(c4ccc(OC(F)(F)F)cc4)CC3)cc21. The molecule has 8 nitrogen and oxygen atoms in total. The summed E-state index contributed by atoms with van der Waals surface area (Å²) < 4.78 is 55.8. The third-order valence-electron chi connectivity index (χ3n) is 5.59. The first-order valence-electron chi connectivity index (χ1n) is 10.2. The molecule has 0 N–H and O–H groups in total. The van der Waals surface area contributed by atoms with Gasteiger partial charge in [0.15, 0.2) is 0 Å². The summed E-state index contributed by atoms with van der Waals surface area (Å²) in [6.45, 7) is 2.61. The minimum atomic E-state index is -4.73. The lowest BCUT2D eigenvalue weighted by Crippen LogP contribution is -2.46. The molecule has 12 heteroatoms. The number of benzene rings is 2. The molecule has 176 valence electrons. The Kier molecular flexibility index (Phi) is 6.66. The molecular weight excluding hydrogens is 461 g/mol. The van der Waals surface area contributed by atoms with Gasteiger partial charge in [0.25, 0.3) is 0 Å². The second kappa shape index (κ2) is 9.48. The van der Waals surface area contributed by atoms with E-state index in [0.717, 1.165) is 23.4 Å². The van der Waals surface area contributed by atoms with Gasteiger partial charge in [-0.1, -0.05) is 6.07 Å². The Hall–Kier alpha value is -2.99. The van der Waals surface area contributed by atoms with Crippen molar-refractivity contribution in [3.8, 4) is 5.75 Å². The molecule has 1 unspecified atom stereocenters. The maximum absolute atomic E-state index is 13.1. The first-order valence-corrected chi connectivity index (χ1v) is 11.4. The van der Waals surface area contributed by atoms with Gasteiger partial charge in [-0.15, -0.1) is 18.1 Å². The van der Waals surface area contributed by atoms with Gasteiger partial charge in [0.1, 0.15) is 23.3 Å². The highest BCUT2D eigenvalue weighted by molar-refractivity contribution is 7.82. The van der Waals surface area contributed by atoms with Crippen LogP contribution in [0.2, 0.25) is 0 Å². The fourth-order valence-electron chi connectivity index (χ4n) is 4.01. The zero-order chi connectivity index (χ0) is 23.6. The van der Waals surface area contributed by atoms with E-state index in [-0.39, 0.29) is 12.3 Å². The number of nitroso groups, excluding NO2 is 1. The minimum absolute atomic E-state index is 0.0991. The van der Waals surface area contributed by atoms with E-state index in [4.69, 9.17) is 0 Å². The molecule has 0 radical (unpaired) electrons. The van der Waals surface area contributed by atoms with Gasteiger partial charge in [-0.25, -0.2) is 8.51 Å². The lowest BCUT2D eigenvalue weighted by atomic mass is 10.2. The summed E-state index contributed by atoms with van der Waals surface area (Å²) in [6.07, 6.45) is -3.99. The number of rotatable bonds is 6. The molecule has 0 saturated carbocycles. The molecule has 2 heterocycles. The van der Waals surface area contributed by atoms with Gasteiger partial charge < -0.3 is 14.5 Å². The largest absolute Gasteiger partial charge is 0.573 e. The number of carbonyl (C=O) groups excluding carboxylic acids is 1. The van der Waals surface area contributed by atoms with Crippen molar-refractivity contribution >= 4 is 28.3 Å². The monoisotopic (exact) mass is 482 g/mol. The van der Waals surface area contributed by atoms with Crippen LogP contribution in [0.25, 0.3) is 0 Å². The van der Waals surface area contributed by atoms with Crippen LogP contribution in [0.15, 0.2) is 52.5 Å². The van der Waals surface area contributed by atoms with E-state index in [0.29, 0.717) is 37.6 Å². The molecule has 0 bridgehead atoms. The summed E-state index contributed by atoms with van der Waals surface area (Å²) in [4.78, 5) is 26.3. The molecule has 1 amide bonds. The molecule has 33 heavy (non-hydrogen) atoms. The molecule has 1 saturated heterocycles. The van der Waals surface area contributed by atoms with Crippen LogP contribution in [0, 0.1) is 4.91 Å². The molecule has 1 fully saturated rings. The van der Waals surface area contributed by atoms with E-state index in [2.05, 4.69) is 9.91 Å². The number of hydrogen-bond acceptors (Lipinski definition) is 6. The van der Waals surface area contributed by atoms with Crippen molar-refractivity contribution in [1.82, 2.24) is 4.31 Å². The molecule has 2 aliphatic rings. The van der Waals surface area contributed by atoms with E-state index in [1.807, 2.05) is 21.3 Å². The zero-order valence-electron chi connectivity index (χ0n) is 17.5. The number of carbonyl (C=O) groups is 1. The molecule has 0 aromatic heterocycles. The van der Waals surface area contributed by atoms with Crippen molar-refractivity contribution in [3.05, 3.63) is 52.9 Å². The lowest BCUT2D eigenvalue weighted by molar-refractivity contribution is -0.274. The van der Waals surface area contributed by atoms with E-state index in [9.17, 15) is 27.1 Å². The topological polar surface area (TPSA) is 82.5 Å². The average molecular weight is 482 g/mol. The maximum Gasteiger partial charge on any atom is 0.573 e. The highest BCUT2D eigenvalue weighted by atomic mass is 32.2. The quantitative estimate of drug-likeness (QED) is 0.589. The van der Waals surface area contributed by atoms with Crippen molar-refractivity contribution in [1.29, 1.82) is 0 Å². The van der Waals surface area contributed by atoms with Crippen LogP contribution < -0.4 is 14.5 Å². The van der Waals surface area contributed by atoms with Crippen LogP contribution in [0.5, 0.6) is 5.75 Å². The van der Waals surface area contributed by atoms with Gasteiger partial charge in [0.05, 0.1) is 4.90 Å². The Morgan fingerprint density at radius 3 is 2.36 bits per heavy atom. The van der Waals surface area contributed by atoms with Crippen molar-refractivity contribution in [2.75, 3.05) is 49.1 Å². The summed E-state index contributed by atoms with van der Waals surface area (Å²) in [7, 11) is -1.41. The van der Waals surface area contributed by atoms with Gasteiger partial charge in [0.2, 0.25) is 0 Å². The molecular formula is C21H21F3N4O4S. The Bertz CT molecular complexity index is 1060. The fourth-order valence-corrected chi connectivity index (χ4v) is 5.20. The van der Waals surface area contributed by atoms with Crippen molar-refractivity contribution in [3.63, 3.8) is 0 Å². The molecule has 2 aliphatic heterocycles. The summed E-state index contributed by atoms with van der Waals surface area (Å²) in [5.41, 5.74) is 2.58. The van der Waals surface area contributed by atoms with Crippen LogP contribution in [-0.4, -0.2) is 60.1 Å². The van der Waals surface area contributed by atoms with Crippen LogP contribution in [0.1, 0.15) is 5.56 Å². The van der Waals surface area contributed by atoms with Gasteiger partial charge in [-0.05, 0) is 48.4 Å². The standard InChI is InChI=1S/C21H21F3N4O4S/c22-21(23,24)32-17-4-2-16(3-5-17)26-9-11-28(12-10-26)33(31)18-6-1-15-7-8-27(19(15)13-18)14-20(29)25-30/h1-6,13H,7-12,14H2. The third-order valence-corrected chi connectivity index (χ3v) is 7.08. The van der Waals surface area contributed by atoms with Crippen LogP contribution in [0.3, 0.4) is 0 Å². The second-order valence-corrected chi connectivity index (χ2v) is 9.14. The smallest absolute Gasteiger partial charge is 0.406 e. The average Bonchev–Trinajstić information content (AvgIpc) is 3.20. The summed E-state index contributed by atoms with van der Waals surface area (Å²) in [5, 5.41) is 2.45. The van der Waals surface area contributed by atoms with E-state index in [1.165, 1.54) is 12.1 Å². The number of hydrogen-bond donors (Lipinski definition) is 0. The molecule has 0 aliphatic carbocycles. The Morgan fingerprint density at radius 1 is 1.03 bits per heavy atom. The number of piperazine rings is 1. The highest BCUT2D eigenvalue weighted by Gasteiger charge is 2.31. The molecule has 0 spiro atoms. The highest BCUT2D eigenvalue weighted by Crippen LogP contribution is 2.31. The maximum atomic E-state index is 13.1. The van der Waals surface area contributed by atoms with Crippen molar-refractivity contribution in [2.45, 2.75) is 17.7 Å². The summed E-state index contributed by atoms with van der Waals surface area (Å²) in [5.74, 6) is -1.02. The van der Waals surface area contributed by atoms with E-state index in [1.54, 1.807) is 23.1 Å². The number of fused-ring (bicyclic) bond motifs is 1. The van der Waals surface area contributed by atoms with Crippen LogP contribution in [0.4, 0.5) is 24.5 Å². The summed E-state index contributed by atoms with van der Waals surface area (Å²) >= 11 is 0. The lowest BCUT2D eigenvalue weighted by Gasteiger charge is -2.35. The minimum Gasteiger partial charge on any atom is -0.406 e. The van der Waals surface area contributed by atoms with Gasteiger partial charge in [-0.2, -0.15) is 0 Å². The van der Waals surface area contributed by atoms with Crippen LogP contribution in [-0.2, 0) is 22.2 Å². The van der Waals surface area contributed by atoms with Crippen molar-refractivity contribution in [2.24, 2.45) is 5.18 Å². The van der Waals surface area contributed by atoms with E-state index < -0.39 is 23.3 Å². The van der Waals surface area contributed by atoms with Gasteiger partial charge >= 0.3 is 12.3 Å². The molecule has 1 atom stereocenters. The van der Waals surface area contributed by atoms with Gasteiger partial charge in [0, 0.05) is 49.3 Å². The number of ether oxygens (including phenoxy) is 1. The fraction of sp³-hybridized carbons (Fsp3) is 0.381.